The summed E-state index contributed by atoms with van der Waals surface area (Å²) in [5, 5.41) is 3.71. The Morgan fingerprint density at radius 2 is 2.05 bits per heavy atom. The molecule has 0 heterocycles. The highest BCUT2D eigenvalue weighted by Gasteiger charge is 2.32. The molecule has 0 amide bonds. The number of methoxy groups -OCH3 is 1. The van der Waals surface area contributed by atoms with Crippen molar-refractivity contribution in [1.29, 1.82) is 0 Å². The summed E-state index contributed by atoms with van der Waals surface area (Å²) in [7, 11) is 1.85. The largest absolute Gasteiger partial charge is 0.380 e. The van der Waals surface area contributed by atoms with Gasteiger partial charge in [0.2, 0.25) is 0 Å². The van der Waals surface area contributed by atoms with Crippen molar-refractivity contribution < 1.29 is 4.74 Å². The van der Waals surface area contributed by atoms with Crippen LogP contribution in [0.5, 0.6) is 0 Å². The standard InChI is InChI=1S/C18H29NO/c1-5-10-19-17(18(20-4)13(2)3)12-15-11-14-8-6-7-9-16(14)15/h6-9,13,15,17-19H,5,10-12H2,1-4H3. The Balaban J connectivity index is 2.01. The van der Waals surface area contributed by atoms with Gasteiger partial charge in [-0.05, 0) is 48.8 Å². The molecule has 0 bridgehead atoms. The van der Waals surface area contributed by atoms with Crippen molar-refractivity contribution in [3.63, 3.8) is 0 Å². The lowest BCUT2D eigenvalue weighted by atomic mass is 9.73. The topological polar surface area (TPSA) is 21.3 Å². The molecule has 1 aromatic rings. The van der Waals surface area contributed by atoms with E-state index < -0.39 is 0 Å². The summed E-state index contributed by atoms with van der Waals surface area (Å²) in [5.41, 5.74) is 3.08. The first-order valence-electron chi connectivity index (χ1n) is 8.01. The molecule has 1 aliphatic carbocycles. The van der Waals surface area contributed by atoms with E-state index in [0.717, 1.165) is 6.54 Å². The Labute approximate surface area is 123 Å². The van der Waals surface area contributed by atoms with E-state index in [1.807, 2.05) is 7.11 Å². The van der Waals surface area contributed by atoms with E-state index in [4.69, 9.17) is 4.74 Å². The molecule has 3 unspecified atom stereocenters. The molecule has 0 aliphatic heterocycles. The van der Waals surface area contributed by atoms with Crippen molar-refractivity contribution in [3.8, 4) is 0 Å². The highest BCUT2D eigenvalue weighted by molar-refractivity contribution is 5.40. The van der Waals surface area contributed by atoms with Gasteiger partial charge in [-0.15, -0.1) is 0 Å². The van der Waals surface area contributed by atoms with Gasteiger partial charge in [-0.25, -0.2) is 0 Å². The van der Waals surface area contributed by atoms with E-state index >= 15 is 0 Å². The lowest BCUT2D eigenvalue weighted by Gasteiger charge is -2.37. The van der Waals surface area contributed by atoms with Gasteiger partial charge in [0.15, 0.2) is 0 Å². The summed E-state index contributed by atoms with van der Waals surface area (Å²) in [4.78, 5) is 0. The third kappa shape index (κ3) is 3.42. The van der Waals surface area contributed by atoms with Crippen molar-refractivity contribution in [1.82, 2.24) is 5.32 Å². The first-order valence-corrected chi connectivity index (χ1v) is 8.01. The minimum Gasteiger partial charge on any atom is -0.380 e. The molecule has 2 rings (SSSR count). The predicted octanol–water partition coefficient (Wildman–Crippen LogP) is 3.76. The Hall–Kier alpha value is -0.860. The number of hydrogen-bond donors (Lipinski definition) is 1. The fraction of sp³-hybridized carbons (Fsp3) is 0.667. The highest BCUT2D eigenvalue weighted by Crippen LogP contribution is 2.38. The Bertz CT molecular complexity index is 416. The summed E-state index contributed by atoms with van der Waals surface area (Å²) in [5.74, 6) is 1.25. The second-order valence-corrected chi connectivity index (χ2v) is 6.34. The van der Waals surface area contributed by atoms with Crippen LogP contribution in [-0.2, 0) is 11.2 Å². The summed E-state index contributed by atoms with van der Waals surface area (Å²) in [6.45, 7) is 7.80. The fourth-order valence-electron chi connectivity index (χ4n) is 3.44. The van der Waals surface area contributed by atoms with Gasteiger partial charge in [0.05, 0.1) is 6.10 Å². The molecule has 1 aliphatic rings. The molecule has 112 valence electrons. The molecule has 2 nitrogen and oxygen atoms in total. The normalized spacial score (nSPS) is 20.4. The van der Waals surface area contributed by atoms with Crippen LogP contribution in [0.1, 0.15) is 50.7 Å². The average molecular weight is 275 g/mol. The molecular weight excluding hydrogens is 246 g/mol. The first-order chi connectivity index (χ1) is 9.67. The average Bonchev–Trinajstić information content (AvgIpc) is 2.41. The maximum atomic E-state index is 5.77. The minimum atomic E-state index is 0.300. The molecule has 0 fully saturated rings. The van der Waals surface area contributed by atoms with Gasteiger partial charge in [-0.3, -0.25) is 0 Å². The maximum absolute atomic E-state index is 5.77. The molecule has 2 heteroatoms. The Morgan fingerprint density at radius 1 is 1.30 bits per heavy atom. The van der Waals surface area contributed by atoms with Crippen LogP contribution in [-0.4, -0.2) is 25.8 Å². The molecule has 3 atom stereocenters. The Morgan fingerprint density at radius 3 is 2.65 bits per heavy atom. The van der Waals surface area contributed by atoms with E-state index in [9.17, 15) is 0 Å². The SMILES string of the molecule is CCCNC(CC1Cc2ccccc21)C(OC)C(C)C. The molecule has 1 aromatic carbocycles. The zero-order chi connectivity index (χ0) is 14.5. The van der Waals surface area contributed by atoms with Gasteiger partial charge in [-0.2, -0.15) is 0 Å². The van der Waals surface area contributed by atoms with Crippen LogP contribution in [0.2, 0.25) is 0 Å². The monoisotopic (exact) mass is 275 g/mol. The van der Waals surface area contributed by atoms with Gasteiger partial charge in [0.1, 0.15) is 0 Å². The van der Waals surface area contributed by atoms with Gasteiger partial charge in [0, 0.05) is 13.2 Å². The third-order valence-corrected chi connectivity index (χ3v) is 4.48. The second-order valence-electron chi connectivity index (χ2n) is 6.34. The maximum Gasteiger partial charge on any atom is 0.0747 e. The van der Waals surface area contributed by atoms with Crippen molar-refractivity contribution in [3.05, 3.63) is 35.4 Å². The van der Waals surface area contributed by atoms with Crippen LogP contribution in [0, 0.1) is 5.92 Å². The zero-order valence-corrected chi connectivity index (χ0v) is 13.4. The predicted molar refractivity (Wildman–Crippen MR) is 85.2 cm³/mol. The molecule has 0 saturated heterocycles. The van der Waals surface area contributed by atoms with Crippen molar-refractivity contribution in [2.75, 3.05) is 13.7 Å². The van der Waals surface area contributed by atoms with Crippen LogP contribution in [0.3, 0.4) is 0 Å². The summed E-state index contributed by atoms with van der Waals surface area (Å²) in [6, 6.07) is 9.32. The lowest BCUT2D eigenvalue weighted by Crippen LogP contribution is -2.45. The second kappa shape index (κ2) is 7.24. The number of nitrogens with one attached hydrogen (secondary N) is 1. The lowest BCUT2D eigenvalue weighted by molar-refractivity contribution is 0.0280. The van der Waals surface area contributed by atoms with E-state index in [0.29, 0.717) is 24.0 Å². The fourth-order valence-corrected chi connectivity index (χ4v) is 3.44. The summed E-state index contributed by atoms with van der Waals surface area (Å²) < 4.78 is 5.77. The van der Waals surface area contributed by atoms with Crippen molar-refractivity contribution >= 4 is 0 Å². The number of benzene rings is 1. The summed E-state index contributed by atoms with van der Waals surface area (Å²) in [6.07, 6.45) is 3.89. The van der Waals surface area contributed by atoms with Crippen LogP contribution in [0.15, 0.2) is 24.3 Å². The minimum absolute atomic E-state index is 0.300. The molecule has 0 spiro atoms. The smallest absolute Gasteiger partial charge is 0.0747 e. The van der Waals surface area contributed by atoms with Crippen LogP contribution < -0.4 is 5.32 Å². The summed E-state index contributed by atoms with van der Waals surface area (Å²) >= 11 is 0. The van der Waals surface area contributed by atoms with Gasteiger partial charge in [0.25, 0.3) is 0 Å². The molecule has 20 heavy (non-hydrogen) atoms. The highest BCUT2D eigenvalue weighted by atomic mass is 16.5. The number of rotatable bonds is 8. The molecular formula is C18H29NO. The number of fused-ring (bicyclic) bond motifs is 1. The van der Waals surface area contributed by atoms with Gasteiger partial charge < -0.3 is 10.1 Å². The van der Waals surface area contributed by atoms with Gasteiger partial charge >= 0.3 is 0 Å². The van der Waals surface area contributed by atoms with Crippen molar-refractivity contribution in [2.45, 2.75) is 58.1 Å². The van der Waals surface area contributed by atoms with Crippen LogP contribution in [0.25, 0.3) is 0 Å². The van der Waals surface area contributed by atoms with E-state index in [1.165, 1.54) is 24.8 Å². The van der Waals surface area contributed by atoms with Crippen LogP contribution in [0.4, 0.5) is 0 Å². The zero-order valence-electron chi connectivity index (χ0n) is 13.4. The Kier molecular flexibility index (Phi) is 5.62. The van der Waals surface area contributed by atoms with Crippen molar-refractivity contribution in [2.24, 2.45) is 5.92 Å². The quantitative estimate of drug-likeness (QED) is 0.780. The molecule has 1 N–H and O–H groups in total. The number of ether oxygens (including phenoxy) is 1. The van der Waals surface area contributed by atoms with Crippen LogP contribution >= 0.6 is 0 Å². The third-order valence-electron chi connectivity index (χ3n) is 4.48. The molecule has 0 aromatic heterocycles. The number of hydrogen-bond acceptors (Lipinski definition) is 2. The van der Waals surface area contributed by atoms with E-state index in [2.05, 4.69) is 50.4 Å². The van der Waals surface area contributed by atoms with Gasteiger partial charge in [-0.1, -0.05) is 45.0 Å². The molecule has 0 radical (unpaired) electrons. The molecule has 0 saturated carbocycles. The van der Waals surface area contributed by atoms with E-state index in [-0.39, 0.29) is 0 Å². The first kappa shape index (κ1) is 15.5. The van der Waals surface area contributed by atoms with E-state index in [1.54, 1.807) is 5.56 Å².